The molecule has 5 aromatic carbocycles. The van der Waals surface area contributed by atoms with E-state index in [2.05, 4.69) is 5.32 Å². The Labute approximate surface area is 357 Å². The highest BCUT2D eigenvalue weighted by Crippen LogP contribution is 2.34. The summed E-state index contributed by atoms with van der Waals surface area (Å²) in [6, 6.07) is 47.3. The number of ether oxygens (including phenoxy) is 8. The van der Waals surface area contributed by atoms with Gasteiger partial charge in [-0.3, -0.25) is 4.79 Å². The first-order valence-corrected chi connectivity index (χ1v) is 20.7. The van der Waals surface area contributed by atoms with E-state index in [0.717, 1.165) is 27.8 Å². The van der Waals surface area contributed by atoms with Gasteiger partial charge in [-0.15, -0.1) is 0 Å². The van der Waals surface area contributed by atoms with Gasteiger partial charge in [0, 0.05) is 6.92 Å². The summed E-state index contributed by atoms with van der Waals surface area (Å²) in [5.74, 6) is -0.407. The quantitative estimate of drug-likeness (QED) is 0.0867. The molecule has 61 heavy (non-hydrogen) atoms. The third-order valence-electron chi connectivity index (χ3n) is 10.6. The highest BCUT2D eigenvalue weighted by Gasteiger charge is 2.53. The van der Waals surface area contributed by atoms with Gasteiger partial charge in [0.25, 0.3) is 0 Å². The van der Waals surface area contributed by atoms with E-state index < -0.39 is 67.3 Å². The Morgan fingerprint density at radius 3 is 1.31 bits per heavy atom. The molecule has 0 aliphatic carbocycles. The van der Waals surface area contributed by atoms with Crippen LogP contribution in [0.1, 0.15) is 34.7 Å². The largest absolute Gasteiger partial charge is 0.385 e. The van der Waals surface area contributed by atoms with Gasteiger partial charge in [-0.25, -0.2) is 0 Å². The summed E-state index contributed by atoms with van der Waals surface area (Å²) in [5, 5.41) is 26.6. The lowest BCUT2D eigenvalue weighted by Gasteiger charge is -2.49. The first kappa shape index (κ1) is 44.2. The third kappa shape index (κ3) is 12.9. The molecule has 10 atom stereocenters. The molecule has 322 valence electrons. The van der Waals surface area contributed by atoms with Gasteiger partial charge >= 0.3 is 0 Å². The number of amides is 1. The molecule has 0 unspecified atom stereocenters. The Bertz CT molecular complexity index is 2000. The standard InChI is InChI=1S/C49H55NO11/c1-34(51)50-42-46(57-30-38-23-13-5-14-24-38)45(41(59-48(42)53)33-55-28-36-19-9-3-10-20-36)61-49-43(52)47(58-31-39-25-15-6-16-26-39)44(56-29-37-21-11-4-12-22-37)40(60-49)32-54-27-35-17-7-2-8-18-35/h2-26,40-49,52-53H,27-33H2,1H3,(H,50,51)/t40-,41-,42-,43+,44-,45-,46-,47-,48+,49+/m1/s1. The zero-order valence-electron chi connectivity index (χ0n) is 34.2. The highest BCUT2D eigenvalue weighted by molar-refractivity contribution is 5.73. The lowest BCUT2D eigenvalue weighted by atomic mass is 9.94. The van der Waals surface area contributed by atoms with Crippen LogP contribution in [0.25, 0.3) is 0 Å². The molecule has 2 fully saturated rings. The van der Waals surface area contributed by atoms with E-state index in [9.17, 15) is 15.0 Å². The minimum absolute atomic E-state index is 0.0300. The Morgan fingerprint density at radius 2 is 0.885 bits per heavy atom. The maximum absolute atomic E-state index is 12.6. The maximum atomic E-state index is 12.6. The van der Waals surface area contributed by atoms with Crippen molar-refractivity contribution >= 4 is 5.91 Å². The lowest BCUT2D eigenvalue weighted by molar-refractivity contribution is -0.357. The van der Waals surface area contributed by atoms with E-state index in [1.807, 2.05) is 152 Å². The molecular weight excluding hydrogens is 779 g/mol. The normalized spacial score (nSPS) is 26.4. The van der Waals surface area contributed by atoms with Crippen molar-refractivity contribution in [3.05, 3.63) is 179 Å². The highest BCUT2D eigenvalue weighted by atomic mass is 16.7. The van der Waals surface area contributed by atoms with Gasteiger partial charge in [-0.05, 0) is 27.8 Å². The number of rotatable bonds is 20. The second kappa shape index (κ2) is 22.9. The number of nitrogens with one attached hydrogen (secondary N) is 1. The molecule has 2 heterocycles. The number of hydrogen-bond donors (Lipinski definition) is 3. The maximum Gasteiger partial charge on any atom is 0.217 e. The first-order chi connectivity index (χ1) is 29.9. The van der Waals surface area contributed by atoms with Crippen LogP contribution in [0.4, 0.5) is 0 Å². The van der Waals surface area contributed by atoms with Gasteiger partial charge in [-0.1, -0.05) is 152 Å². The van der Waals surface area contributed by atoms with Crippen LogP contribution in [0.3, 0.4) is 0 Å². The van der Waals surface area contributed by atoms with Gasteiger partial charge < -0.3 is 53.4 Å². The van der Waals surface area contributed by atoms with Crippen LogP contribution < -0.4 is 5.32 Å². The van der Waals surface area contributed by atoms with Crippen LogP contribution >= 0.6 is 0 Å². The van der Waals surface area contributed by atoms with Crippen molar-refractivity contribution < 1.29 is 52.9 Å². The van der Waals surface area contributed by atoms with Crippen molar-refractivity contribution in [3.63, 3.8) is 0 Å². The molecule has 0 saturated carbocycles. The van der Waals surface area contributed by atoms with Crippen LogP contribution in [0, 0.1) is 0 Å². The van der Waals surface area contributed by atoms with Gasteiger partial charge in [0.05, 0.1) is 46.2 Å². The Hall–Kier alpha value is -4.83. The van der Waals surface area contributed by atoms with Crippen molar-refractivity contribution in [2.75, 3.05) is 13.2 Å². The lowest BCUT2D eigenvalue weighted by Crippen LogP contribution is -2.68. The van der Waals surface area contributed by atoms with E-state index in [-0.39, 0.29) is 39.6 Å². The second-order valence-corrected chi connectivity index (χ2v) is 15.2. The molecule has 0 bridgehead atoms. The number of carbonyl (C=O) groups is 1. The first-order valence-electron chi connectivity index (χ1n) is 20.7. The number of hydrogen-bond acceptors (Lipinski definition) is 11. The van der Waals surface area contributed by atoms with Crippen molar-refractivity contribution in [2.45, 2.75) is 101 Å². The summed E-state index contributed by atoms with van der Waals surface area (Å²) < 4.78 is 51.9. The molecule has 2 aliphatic heterocycles. The van der Waals surface area contributed by atoms with Crippen LogP contribution in [0.5, 0.6) is 0 Å². The summed E-state index contributed by atoms with van der Waals surface area (Å²) in [4.78, 5) is 12.6. The zero-order chi connectivity index (χ0) is 42.2. The molecule has 7 rings (SSSR count). The van der Waals surface area contributed by atoms with Crippen LogP contribution in [-0.2, 0) is 75.7 Å². The van der Waals surface area contributed by atoms with E-state index in [1.165, 1.54) is 6.92 Å². The number of benzene rings is 5. The van der Waals surface area contributed by atoms with Crippen molar-refractivity contribution in [3.8, 4) is 0 Å². The topological polar surface area (TPSA) is 143 Å². The van der Waals surface area contributed by atoms with Gasteiger partial charge in [-0.2, -0.15) is 0 Å². The predicted octanol–water partition coefficient (Wildman–Crippen LogP) is 5.87. The van der Waals surface area contributed by atoms with Crippen molar-refractivity contribution in [2.24, 2.45) is 0 Å². The smallest absolute Gasteiger partial charge is 0.217 e. The molecule has 0 spiro atoms. The van der Waals surface area contributed by atoms with Crippen LogP contribution in [-0.4, -0.2) is 90.7 Å². The fourth-order valence-corrected chi connectivity index (χ4v) is 7.53. The average Bonchev–Trinajstić information content (AvgIpc) is 3.29. The minimum Gasteiger partial charge on any atom is -0.385 e. The molecule has 0 aromatic heterocycles. The SMILES string of the molecule is CC(=O)N[C@@H]1[C@@H](OCc2ccccc2)[C@H](O[C@@H]2O[C@H](COCc3ccccc3)[C@@H](OCc3ccccc3)[C@H](OCc3ccccc3)[C@@H]2O)[C@@H](COCc2ccccc2)O[C@@H]1O. The monoisotopic (exact) mass is 833 g/mol. The summed E-state index contributed by atoms with van der Waals surface area (Å²) in [5.41, 5.74) is 4.60. The van der Waals surface area contributed by atoms with E-state index in [4.69, 9.17) is 37.9 Å². The second-order valence-electron chi connectivity index (χ2n) is 15.2. The van der Waals surface area contributed by atoms with E-state index in [0.29, 0.717) is 6.61 Å². The summed E-state index contributed by atoms with van der Waals surface area (Å²) >= 11 is 0. The third-order valence-corrected chi connectivity index (χ3v) is 10.6. The minimum atomic E-state index is -1.48. The van der Waals surface area contributed by atoms with Crippen LogP contribution in [0.15, 0.2) is 152 Å². The van der Waals surface area contributed by atoms with Gasteiger partial charge in [0.1, 0.15) is 48.8 Å². The van der Waals surface area contributed by atoms with E-state index >= 15 is 0 Å². The Balaban J connectivity index is 1.20. The average molecular weight is 834 g/mol. The molecule has 0 radical (unpaired) electrons. The van der Waals surface area contributed by atoms with Gasteiger partial charge in [0.15, 0.2) is 12.6 Å². The molecule has 12 nitrogen and oxygen atoms in total. The molecular formula is C49H55NO11. The fraction of sp³-hybridized carbons (Fsp3) is 0.367. The number of carbonyl (C=O) groups excluding carboxylic acids is 1. The summed E-state index contributed by atoms with van der Waals surface area (Å²) in [6.45, 7) is 2.46. The number of aliphatic hydroxyl groups excluding tert-OH is 2. The van der Waals surface area contributed by atoms with E-state index in [1.54, 1.807) is 0 Å². The molecule has 3 N–H and O–H groups in total. The summed E-state index contributed by atoms with van der Waals surface area (Å²) in [7, 11) is 0. The molecule has 5 aromatic rings. The zero-order valence-corrected chi connectivity index (χ0v) is 34.2. The van der Waals surface area contributed by atoms with Crippen LogP contribution in [0.2, 0.25) is 0 Å². The molecule has 1 amide bonds. The summed E-state index contributed by atoms with van der Waals surface area (Å²) in [6.07, 6.45) is -9.79. The Morgan fingerprint density at radius 1 is 0.508 bits per heavy atom. The molecule has 2 saturated heterocycles. The fourth-order valence-electron chi connectivity index (χ4n) is 7.53. The van der Waals surface area contributed by atoms with Crippen molar-refractivity contribution in [1.82, 2.24) is 5.32 Å². The number of aliphatic hydroxyl groups is 2. The van der Waals surface area contributed by atoms with Gasteiger partial charge in [0.2, 0.25) is 5.91 Å². The predicted molar refractivity (Wildman–Crippen MR) is 225 cm³/mol. The molecule has 2 aliphatic rings. The Kier molecular flexibility index (Phi) is 16.6. The van der Waals surface area contributed by atoms with Crippen molar-refractivity contribution in [1.29, 1.82) is 0 Å². The molecule has 12 heteroatoms.